The summed E-state index contributed by atoms with van der Waals surface area (Å²) in [5, 5.41) is 8.27. The first-order valence-corrected chi connectivity index (χ1v) is 10.6. The quantitative estimate of drug-likeness (QED) is 0.434. The summed E-state index contributed by atoms with van der Waals surface area (Å²) in [6.07, 6.45) is 5.73. The molecule has 5 nitrogen and oxygen atoms in total. The fourth-order valence-electron chi connectivity index (χ4n) is 4.95. The molecule has 0 unspecified atom stereocenters. The number of hydrogen-bond acceptors (Lipinski definition) is 3. The van der Waals surface area contributed by atoms with Gasteiger partial charge in [-0.1, -0.05) is 11.6 Å². The maximum atomic E-state index is 14.6. The van der Waals surface area contributed by atoms with Crippen LogP contribution in [0.3, 0.4) is 0 Å². The first-order chi connectivity index (χ1) is 13.9. The minimum Gasteiger partial charge on any atom is -0.324 e. The Balaban J connectivity index is 0.00000218. The number of imidazole rings is 1. The lowest BCUT2D eigenvalue weighted by molar-refractivity contribution is 0.526. The van der Waals surface area contributed by atoms with Gasteiger partial charge in [0.2, 0.25) is 0 Å². The van der Waals surface area contributed by atoms with Crippen molar-refractivity contribution in [1.82, 2.24) is 24.2 Å². The van der Waals surface area contributed by atoms with Gasteiger partial charge in [0.15, 0.2) is 4.77 Å². The molecule has 30 heavy (non-hydrogen) atoms. The second kappa shape index (κ2) is 7.79. The van der Waals surface area contributed by atoms with E-state index in [0.29, 0.717) is 10.9 Å². The summed E-state index contributed by atoms with van der Waals surface area (Å²) in [6.45, 7) is 2.37. The first kappa shape index (κ1) is 21.6. The van der Waals surface area contributed by atoms with Crippen LogP contribution in [0.1, 0.15) is 34.9 Å². The molecule has 1 aromatic carbocycles. The smallest absolute Gasteiger partial charge is 0.180 e. The average Bonchev–Trinajstić information content (AvgIpc) is 2.96. The van der Waals surface area contributed by atoms with Gasteiger partial charge in [0.25, 0.3) is 0 Å². The van der Waals surface area contributed by atoms with Crippen LogP contribution in [0.4, 0.5) is 4.39 Å². The Morgan fingerprint density at radius 1 is 1.37 bits per heavy atom. The van der Waals surface area contributed by atoms with E-state index in [1.807, 2.05) is 31.2 Å². The van der Waals surface area contributed by atoms with Crippen molar-refractivity contribution in [2.24, 2.45) is 14.1 Å². The van der Waals surface area contributed by atoms with E-state index >= 15 is 0 Å². The third-order valence-corrected chi connectivity index (χ3v) is 7.17. The molecule has 9 heteroatoms. The average molecular weight is 468 g/mol. The summed E-state index contributed by atoms with van der Waals surface area (Å²) in [6, 6.07) is 4.89. The van der Waals surface area contributed by atoms with E-state index in [2.05, 4.69) is 19.5 Å². The highest BCUT2D eigenvalue weighted by atomic mass is 35.5. The molecule has 0 bridgehead atoms. The maximum Gasteiger partial charge on any atom is 0.180 e. The molecule has 2 aromatic heterocycles. The maximum absolute atomic E-state index is 14.6. The van der Waals surface area contributed by atoms with Crippen LogP contribution in [0.5, 0.6) is 0 Å². The minimum absolute atomic E-state index is 0. The second-order valence-electron chi connectivity index (χ2n) is 8.25. The standard InChI is InChI=1S/C21H23ClFN5S.ClH/c1-26-11-13(10-25-26)9-24-6-5-18-19-16-8-21(16,12-28(19)20(29)27(18)2)15-7-14(22)3-4-17(15)23;/h3-4,7,10-11,16,24H,5-6,8-9,12H2,1-2H3;1H/t16-,21+;/m0./s1. The second-order valence-corrected chi connectivity index (χ2v) is 9.05. The Bertz CT molecular complexity index is 1170. The van der Waals surface area contributed by atoms with E-state index in [1.54, 1.807) is 12.1 Å². The van der Waals surface area contributed by atoms with E-state index in [9.17, 15) is 4.39 Å². The third-order valence-electron chi connectivity index (χ3n) is 6.45. The first-order valence-electron chi connectivity index (χ1n) is 9.83. The monoisotopic (exact) mass is 467 g/mol. The van der Waals surface area contributed by atoms with Crippen LogP contribution in [0.25, 0.3) is 0 Å². The van der Waals surface area contributed by atoms with Crippen molar-refractivity contribution >= 4 is 36.2 Å². The van der Waals surface area contributed by atoms with E-state index < -0.39 is 0 Å². The van der Waals surface area contributed by atoms with Gasteiger partial charge >= 0.3 is 0 Å². The lowest BCUT2D eigenvalue weighted by atomic mass is 9.93. The fraction of sp³-hybridized carbons (Fsp3) is 0.429. The summed E-state index contributed by atoms with van der Waals surface area (Å²) in [7, 11) is 3.96. The molecule has 5 rings (SSSR count). The van der Waals surface area contributed by atoms with E-state index in [4.69, 9.17) is 23.8 Å². The van der Waals surface area contributed by atoms with Crippen molar-refractivity contribution in [1.29, 1.82) is 0 Å². The molecule has 0 spiro atoms. The van der Waals surface area contributed by atoms with Gasteiger partial charge < -0.3 is 14.5 Å². The van der Waals surface area contributed by atoms with Crippen LogP contribution in [0.2, 0.25) is 5.02 Å². The highest BCUT2D eigenvalue weighted by Gasteiger charge is 2.63. The third kappa shape index (κ3) is 3.32. The van der Waals surface area contributed by atoms with Crippen LogP contribution < -0.4 is 5.32 Å². The van der Waals surface area contributed by atoms with Crippen molar-refractivity contribution in [3.8, 4) is 0 Å². The lowest BCUT2D eigenvalue weighted by Crippen LogP contribution is -2.18. The Labute approximate surface area is 191 Å². The number of hydrogen-bond donors (Lipinski definition) is 1. The SMILES string of the molecule is Cl.Cn1cc(CNCCc2c3n(c(=S)n2C)C[C@@]2(c4cc(Cl)ccc4F)C[C@@H]32)cn1. The largest absolute Gasteiger partial charge is 0.324 e. The Morgan fingerprint density at radius 3 is 2.90 bits per heavy atom. The number of nitrogens with one attached hydrogen (secondary N) is 1. The molecule has 1 N–H and O–H groups in total. The molecule has 1 aliphatic carbocycles. The number of aryl methyl sites for hydroxylation is 1. The van der Waals surface area contributed by atoms with Crippen LogP contribution in [-0.2, 0) is 39.0 Å². The predicted octanol–water partition coefficient (Wildman–Crippen LogP) is 4.28. The number of rotatable bonds is 6. The molecule has 1 saturated carbocycles. The number of benzene rings is 1. The van der Waals surface area contributed by atoms with Crippen LogP contribution >= 0.6 is 36.2 Å². The summed E-state index contributed by atoms with van der Waals surface area (Å²) < 4.78 is 21.5. The Hall–Kier alpha value is -1.67. The zero-order valence-electron chi connectivity index (χ0n) is 16.9. The van der Waals surface area contributed by atoms with Gasteiger partial charge in [-0.2, -0.15) is 5.10 Å². The molecule has 2 atom stereocenters. The van der Waals surface area contributed by atoms with Gasteiger partial charge in [0, 0.05) is 79.7 Å². The lowest BCUT2D eigenvalue weighted by Gasteiger charge is -2.15. The number of aromatic nitrogens is 4. The fourth-order valence-corrected chi connectivity index (χ4v) is 5.40. The topological polar surface area (TPSA) is 39.7 Å². The van der Waals surface area contributed by atoms with Crippen molar-refractivity contribution in [3.63, 3.8) is 0 Å². The Kier molecular flexibility index (Phi) is 5.60. The minimum atomic E-state index is -0.190. The molecule has 3 heterocycles. The molecule has 0 radical (unpaired) electrons. The van der Waals surface area contributed by atoms with Crippen LogP contribution in [-0.4, -0.2) is 25.5 Å². The molecule has 160 valence electrons. The molecule has 1 aliphatic heterocycles. The van der Waals surface area contributed by atoms with Gasteiger partial charge in [-0.3, -0.25) is 4.68 Å². The van der Waals surface area contributed by atoms with E-state index in [1.165, 1.54) is 23.0 Å². The van der Waals surface area contributed by atoms with Crippen molar-refractivity contribution in [2.45, 2.75) is 37.3 Å². The summed E-state index contributed by atoms with van der Waals surface area (Å²) in [4.78, 5) is 0. The molecule has 3 aromatic rings. The van der Waals surface area contributed by atoms with Gasteiger partial charge in [0.1, 0.15) is 5.82 Å². The molecule has 0 amide bonds. The highest BCUT2D eigenvalue weighted by Crippen LogP contribution is 2.66. The van der Waals surface area contributed by atoms with Crippen molar-refractivity contribution < 1.29 is 4.39 Å². The number of nitrogens with zero attached hydrogens (tertiary/aromatic N) is 4. The zero-order chi connectivity index (χ0) is 20.3. The van der Waals surface area contributed by atoms with Gasteiger partial charge in [0.05, 0.1) is 6.20 Å². The molecule has 0 saturated heterocycles. The normalized spacial score (nSPS) is 21.3. The molecule has 1 fully saturated rings. The van der Waals surface area contributed by atoms with Crippen molar-refractivity contribution in [3.05, 3.63) is 68.7 Å². The highest BCUT2D eigenvalue weighted by molar-refractivity contribution is 7.71. The summed E-state index contributed by atoms with van der Waals surface area (Å²) in [5.74, 6) is 0.143. The molecule has 2 aliphatic rings. The van der Waals surface area contributed by atoms with Crippen molar-refractivity contribution in [2.75, 3.05) is 6.54 Å². The molecular weight excluding hydrogens is 444 g/mol. The van der Waals surface area contributed by atoms with Crippen LogP contribution in [0.15, 0.2) is 30.6 Å². The van der Waals surface area contributed by atoms with E-state index in [0.717, 1.165) is 42.8 Å². The van der Waals surface area contributed by atoms with E-state index in [-0.39, 0.29) is 23.6 Å². The number of halogens is 3. The predicted molar refractivity (Wildman–Crippen MR) is 121 cm³/mol. The van der Waals surface area contributed by atoms with Gasteiger partial charge in [-0.15, -0.1) is 12.4 Å². The van der Waals surface area contributed by atoms with Crippen LogP contribution in [0, 0.1) is 10.6 Å². The van der Waals surface area contributed by atoms with Gasteiger partial charge in [-0.05, 0) is 42.4 Å². The van der Waals surface area contributed by atoms with Gasteiger partial charge in [-0.25, -0.2) is 4.39 Å². The summed E-state index contributed by atoms with van der Waals surface area (Å²) >= 11 is 11.9. The zero-order valence-corrected chi connectivity index (χ0v) is 19.2. The summed E-state index contributed by atoms with van der Waals surface area (Å²) in [5.41, 5.74) is 4.24. The molecular formula is C21H24Cl2FN5S. The Morgan fingerprint density at radius 2 is 2.17 bits per heavy atom. The number of fused-ring (bicyclic) bond motifs is 3.